The highest BCUT2D eigenvalue weighted by atomic mass is 79.9. The molecule has 162 valence electrons. The van der Waals surface area contributed by atoms with Crippen LogP contribution in [-0.4, -0.2) is 26.4 Å². The van der Waals surface area contributed by atoms with Gasteiger partial charge in [0.25, 0.3) is 0 Å². The van der Waals surface area contributed by atoms with Crippen molar-refractivity contribution in [3.8, 4) is 11.4 Å². The van der Waals surface area contributed by atoms with E-state index in [2.05, 4.69) is 67.2 Å². The molecule has 4 rings (SSSR count). The van der Waals surface area contributed by atoms with Crippen LogP contribution >= 0.6 is 27.7 Å². The zero-order valence-electron chi connectivity index (χ0n) is 17.7. The second-order valence-corrected chi connectivity index (χ2v) is 9.88. The Morgan fingerprint density at radius 3 is 2.48 bits per heavy atom. The molecule has 1 N–H and O–H groups in total. The van der Waals surface area contributed by atoms with Gasteiger partial charge in [0.1, 0.15) is 0 Å². The van der Waals surface area contributed by atoms with Crippen molar-refractivity contribution in [3.05, 3.63) is 64.1 Å². The van der Waals surface area contributed by atoms with Crippen molar-refractivity contribution in [1.29, 1.82) is 0 Å². The summed E-state index contributed by atoms with van der Waals surface area (Å²) in [6, 6.07) is 16.8. The number of nitrogens with zero attached hydrogens (tertiary/aromatic N) is 3. The summed E-state index contributed by atoms with van der Waals surface area (Å²) in [6.07, 6.45) is 6.01. The molecule has 1 aliphatic rings. The summed E-state index contributed by atoms with van der Waals surface area (Å²) in [6.45, 7) is 2.60. The normalized spacial score (nSPS) is 14.5. The van der Waals surface area contributed by atoms with E-state index in [0.29, 0.717) is 18.3 Å². The molecular formula is C24H27BrN4OS. The monoisotopic (exact) mass is 498 g/mol. The van der Waals surface area contributed by atoms with Crippen molar-refractivity contribution in [2.75, 3.05) is 5.75 Å². The lowest BCUT2D eigenvalue weighted by Gasteiger charge is -2.25. The third-order valence-corrected chi connectivity index (χ3v) is 7.12. The molecule has 1 heterocycles. The number of halogens is 1. The Labute approximate surface area is 196 Å². The third-order valence-electron chi connectivity index (χ3n) is 5.65. The average Bonchev–Trinajstić information content (AvgIpc) is 3.22. The molecule has 7 heteroatoms. The van der Waals surface area contributed by atoms with E-state index in [4.69, 9.17) is 0 Å². The molecule has 0 radical (unpaired) electrons. The minimum absolute atomic E-state index is 0.00830. The Bertz CT molecular complexity index is 1010. The van der Waals surface area contributed by atoms with E-state index in [1.165, 1.54) is 36.6 Å². The van der Waals surface area contributed by atoms with Gasteiger partial charge in [0, 0.05) is 22.6 Å². The molecule has 1 fully saturated rings. The lowest BCUT2D eigenvalue weighted by Crippen LogP contribution is -2.25. The summed E-state index contributed by atoms with van der Waals surface area (Å²) >= 11 is 4.98. The molecule has 0 spiro atoms. The van der Waals surface area contributed by atoms with Crippen molar-refractivity contribution in [3.63, 3.8) is 0 Å². The number of carbonyl (C=O) groups is 1. The SMILES string of the molecule is Cc1ccc(CNC(=O)CSc2nnc(-c3ccc(Br)cc3)n2C2CCCCC2)cc1. The number of aromatic nitrogens is 3. The number of carbonyl (C=O) groups excluding carboxylic acids is 1. The Morgan fingerprint density at radius 1 is 1.06 bits per heavy atom. The average molecular weight is 499 g/mol. The predicted molar refractivity (Wildman–Crippen MR) is 129 cm³/mol. The fourth-order valence-corrected chi connectivity index (χ4v) is 5.03. The Morgan fingerprint density at radius 2 is 1.77 bits per heavy atom. The maximum Gasteiger partial charge on any atom is 0.230 e. The van der Waals surface area contributed by atoms with Gasteiger partial charge in [-0.05, 0) is 37.5 Å². The van der Waals surface area contributed by atoms with E-state index in [9.17, 15) is 4.79 Å². The number of hydrogen-bond acceptors (Lipinski definition) is 4. The van der Waals surface area contributed by atoms with Crippen LogP contribution < -0.4 is 5.32 Å². The number of nitrogens with one attached hydrogen (secondary N) is 1. The molecule has 0 atom stereocenters. The van der Waals surface area contributed by atoms with Gasteiger partial charge in [-0.3, -0.25) is 9.36 Å². The van der Waals surface area contributed by atoms with Crippen molar-refractivity contribution < 1.29 is 4.79 Å². The van der Waals surface area contributed by atoms with Crippen molar-refractivity contribution in [2.24, 2.45) is 0 Å². The second kappa shape index (κ2) is 10.5. The first-order valence-corrected chi connectivity index (χ1v) is 12.5. The number of thioether (sulfide) groups is 1. The van der Waals surface area contributed by atoms with Gasteiger partial charge in [-0.2, -0.15) is 0 Å². The van der Waals surface area contributed by atoms with Crippen LogP contribution in [0.1, 0.15) is 49.3 Å². The molecule has 31 heavy (non-hydrogen) atoms. The molecule has 0 unspecified atom stereocenters. The molecule has 1 aliphatic carbocycles. The number of hydrogen-bond donors (Lipinski definition) is 1. The number of rotatable bonds is 7. The Kier molecular flexibility index (Phi) is 7.45. The number of amides is 1. The Hall–Kier alpha value is -2.12. The topological polar surface area (TPSA) is 59.8 Å². The summed E-state index contributed by atoms with van der Waals surface area (Å²) in [5.74, 6) is 1.23. The molecule has 1 saturated carbocycles. The highest BCUT2D eigenvalue weighted by Gasteiger charge is 2.24. The molecule has 1 aromatic heterocycles. The smallest absolute Gasteiger partial charge is 0.230 e. The van der Waals surface area contributed by atoms with E-state index in [0.717, 1.165) is 39.4 Å². The van der Waals surface area contributed by atoms with Crippen LogP contribution in [0.5, 0.6) is 0 Å². The minimum atomic E-state index is 0.00830. The number of benzene rings is 2. The second-order valence-electron chi connectivity index (χ2n) is 8.03. The van der Waals surface area contributed by atoms with Gasteiger partial charge in [-0.25, -0.2) is 0 Å². The van der Waals surface area contributed by atoms with Crippen LogP contribution in [0.15, 0.2) is 58.2 Å². The van der Waals surface area contributed by atoms with Gasteiger partial charge in [-0.1, -0.05) is 88.9 Å². The van der Waals surface area contributed by atoms with E-state index >= 15 is 0 Å². The molecule has 0 saturated heterocycles. The highest BCUT2D eigenvalue weighted by Crippen LogP contribution is 2.35. The van der Waals surface area contributed by atoms with Crippen LogP contribution in [0.2, 0.25) is 0 Å². The van der Waals surface area contributed by atoms with E-state index in [1.54, 1.807) is 0 Å². The van der Waals surface area contributed by atoms with E-state index < -0.39 is 0 Å². The largest absolute Gasteiger partial charge is 0.351 e. The lowest BCUT2D eigenvalue weighted by atomic mass is 9.95. The van der Waals surface area contributed by atoms with Gasteiger partial charge < -0.3 is 5.32 Å². The van der Waals surface area contributed by atoms with Crippen LogP contribution in [0.25, 0.3) is 11.4 Å². The standard InChI is InChI=1S/C24H27BrN4OS/c1-17-7-9-18(10-8-17)15-26-22(30)16-31-24-28-27-23(19-11-13-20(25)14-12-19)29(24)21-5-3-2-4-6-21/h7-14,21H,2-6,15-16H2,1H3,(H,26,30). The summed E-state index contributed by atoms with van der Waals surface area (Å²) in [5, 5.41) is 12.8. The fourth-order valence-electron chi connectivity index (χ4n) is 3.93. The molecular weight excluding hydrogens is 472 g/mol. The summed E-state index contributed by atoms with van der Waals surface area (Å²) in [7, 11) is 0. The van der Waals surface area contributed by atoms with Crippen molar-refractivity contribution in [2.45, 2.75) is 56.8 Å². The minimum Gasteiger partial charge on any atom is -0.351 e. The summed E-state index contributed by atoms with van der Waals surface area (Å²) in [4.78, 5) is 12.5. The molecule has 5 nitrogen and oxygen atoms in total. The maximum absolute atomic E-state index is 12.5. The van der Waals surface area contributed by atoms with E-state index in [1.807, 2.05) is 24.3 Å². The van der Waals surface area contributed by atoms with Crippen molar-refractivity contribution >= 4 is 33.6 Å². The van der Waals surface area contributed by atoms with Gasteiger partial charge in [0.2, 0.25) is 5.91 Å². The molecule has 3 aromatic rings. The van der Waals surface area contributed by atoms with Crippen LogP contribution in [0, 0.1) is 6.92 Å². The van der Waals surface area contributed by atoms with Gasteiger partial charge in [0.05, 0.1) is 5.75 Å². The summed E-state index contributed by atoms with van der Waals surface area (Å²) in [5.41, 5.74) is 3.37. The first-order chi connectivity index (χ1) is 15.1. The van der Waals surface area contributed by atoms with Crippen LogP contribution in [0.4, 0.5) is 0 Å². The molecule has 2 aromatic carbocycles. The van der Waals surface area contributed by atoms with E-state index in [-0.39, 0.29) is 5.91 Å². The highest BCUT2D eigenvalue weighted by molar-refractivity contribution is 9.10. The number of aryl methyl sites for hydroxylation is 1. The first-order valence-electron chi connectivity index (χ1n) is 10.8. The molecule has 1 amide bonds. The zero-order valence-corrected chi connectivity index (χ0v) is 20.1. The van der Waals surface area contributed by atoms with Crippen LogP contribution in [0.3, 0.4) is 0 Å². The van der Waals surface area contributed by atoms with Crippen LogP contribution in [-0.2, 0) is 11.3 Å². The fraction of sp³-hybridized carbons (Fsp3) is 0.375. The maximum atomic E-state index is 12.5. The first kappa shape index (κ1) is 22.1. The quantitative estimate of drug-likeness (QED) is 0.410. The summed E-state index contributed by atoms with van der Waals surface area (Å²) < 4.78 is 3.31. The van der Waals surface area contributed by atoms with Crippen molar-refractivity contribution in [1.82, 2.24) is 20.1 Å². The molecule has 0 bridgehead atoms. The van der Waals surface area contributed by atoms with Gasteiger partial charge in [-0.15, -0.1) is 10.2 Å². The lowest BCUT2D eigenvalue weighted by molar-refractivity contribution is -0.118. The molecule has 0 aliphatic heterocycles. The Balaban J connectivity index is 1.46. The van der Waals surface area contributed by atoms with Gasteiger partial charge >= 0.3 is 0 Å². The zero-order chi connectivity index (χ0) is 21.6. The predicted octanol–water partition coefficient (Wildman–Crippen LogP) is 5.93. The third kappa shape index (κ3) is 5.77. The van der Waals surface area contributed by atoms with Gasteiger partial charge in [0.15, 0.2) is 11.0 Å².